The normalized spacial score (nSPS) is 11.8. The van der Waals surface area contributed by atoms with Crippen LogP contribution in [-0.4, -0.2) is 7.05 Å². The van der Waals surface area contributed by atoms with Crippen molar-refractivity contribution in [1.29, 1.82) is 0 Å². The summed E-state index contributed by atoms with van der Waals surface area (Å²) < 4.78 is 13.8. The molecule has 0 aromatic heterocycles. The summed E-state index contributed by atoms with van der Waals surface area (Å²) in [5, 5.41) is 3.12. The van der Waals surface area contributed by atoms with E-state index in [1.54, 1.807) is 6.07 Å². The summed E-state index contributed by atoms with van der Waals surface area (Å²) in [7, 11) is 1.86. The van der Waals surface area contributed by atoms with Crippen LogP contribution in [0.2, 0.25) is 0 Å². The van der Waals surface area contributed by atoms with Crippen LogP contribution in [0.3, 0.4) is 0 Å². The van der Waals surface area contributed by atoms with Gasteiger partial charge in [-0.3, -0.25) is 0 Å². The number of rotatable bonds is 2. The van der Waals surface area contributed by atoms with Gasteiger partial charge in [-0.2, -0.15) is 0 Å². The standard InChI is InChI=1S/C10H13BrFN/c1-10(2,13-3)7-4-8(11)6-9(12)5-7/h4-6,13H,1-3H3. The minimum atomic E-state index is -0.215. The van der Waals surface area contributed by atoms with E-state index in [0.29, 0.717) is 0 Å². The summed E-state index contributed by atoms with van der Waals surface area (Å²) in [6, 6.07) is 4.91. The molecule has 0 fully saturated rings. The quantitative estimate of drug-likeness (QED) is 0.845. The van der Waals surface area contributed by atoms with Crippen molar-refractivity contribution < 1.29 is 4.39 Å². The van der Waals surface area contributed by atoms with Gasteiger partial charge >= 0.3 is 0 Å². The Labute approximate surface area is 86.5 Å². The van der Waals surface area contributed by atoms with Gasteiger partial charge in [0.2, 0.25) is 0 Å². The first-order valence-electron chi connectivity index (χ1n) is 4.11. The summed E-state index contributed by atoms with van der Waals surface area (Å²) in [6.45, 7) is 4.02. The first-order valence-corrected chi connectivity index (χ1v) is 4.90. The van der Waals surface area contributed by atoms with Crippen LogP contribution in [0.25, 0.3) is 0 Å². The lowest BCUT2D eigenvalue weighted by Crippen LogP contribution is -2.33. The second-order valence-electron chi connectivity index (χ2n) is 3.53. The van der Waals surface area contributed by atoms with Crippen LogP contribution in [-0.2, 0) is 5.54 Å². The van der Waals surface area contributed by atoms with Gasteiger partial charge in [0, 0.05) is 10.0 Å². The van der Waals surface area contributed by atoms with Crippen molar-refractivity contribution in [3.63, 3.8) is 0 Å². The Kier molecular flexibility index (Phi) is 3.09. The van der Waals surface area contributed by atoms with Crippen LogP contribution in [0.4, 0.5) is 4.39 Å². The molecule has 1 nitrogen and oxygen atoms in total. The van der Waals surface area contributed by atoms with Gasteiger partial charge < -0.3 is 5.32 Å². The van der Waals surface area contributed by atoms with Crippen LogP contribution in [0.1, 0.15) is 19.4 Å². The SMILES string of the molecule is CNC(C)(C)c1cc(F)cc(Br)c1. The van der Waals surface area contributed by atoms with Gasteiger partial charge in [0.15, 0.2) is 0 Å². The van der Waals surface area contributed by atoms with Crippen LogP contribution in [0, 0.1) is 5.82 Å². The van der Waals surface area contributed by atoms with E-state index in [1.165, 1.54) is 6.07 Å². The first-order chi connectivity index (χ1) is 5.95. The molecule has 0 atom stereocenters. The highest BCUT2D eigenvalue weighted by molar-refractivity contribution is 9.10. The number of hydrogen-bond acceptors (Lipinski definition) is 1. The molecule has 13 heavy (non-hydrogen) atoms. The molecule has 0 aliphatic rings. The van der Waals surface area contributed by atoms with Crippen LogP contribution >= 0.6 is 15.9 Å². The lowest BCUT2D eigenvalue weighted by atomic mass is 9.95. The molecule has 0 saturated heterocycles. The maximum atomic E-state index is 13.0. The number of halogens is 2. The van der Waals surface area contributed by atoms with Crippen molar-refractivity contribution in [3.05, 3.63) is 34.1 Å². The zero-order valence-electron chi connectivity index (χ0n) is 7.99. The number of nitrogens with one attached hydrogen (secondary N) is 1. The molecule has 1 rings (SSSR count). The Hall–Kier alpha value is -0.410. The van der Waals surface area contributed by atoms with E-state index >= 15 is 0 Å². The van der Waals surface area contributed by atoms with Gasteiger partial charge in [-0.25, -0.2) is 4.39 Å². The number of benzene rings is 1. The lowest BCUT2D eigenvalue weighted by molar-refractivity contribution is 0.441. The van der Waals surface area contributed by atoms with Crippen molar-refractivity contribution in [1.82, 2.24) is 5.32 Å². The van der Waals surface area contributed by atoms with Crippen LogP contribution in [0.5, 0.6) is 0 Å². The third-order valence-corrected chi connectivity index (χ3v) is 2.67. The first kappa shape index (κ1) is 10.7. The fraction of sp³-hybridized carbons (Fsp3) is 0.400. The summed E-state index contributed by atoms with van der Waals surface area (Å²) in [4.78, 5) is 0. The van der Waals surface area contributed by atoms with E-state index in [2.05, 4.69) is 21.2 Å². The van der Waals surface area contributed by atoms with Crippen molar-refractivity contribution in [3.8, 4) is 0 Å². The highest BCUT2D eigenvalue weighted by atomic mass is 79.9. The Morgan fingerprint density at radius 1 is 1.31 bits per heavy atom. The van der Waals surface area contributed by atoms with E-state index in [4.69, 9.17) is 0 Å². The van der Waals surface area contributed by atoms with Gasteiger partial charge in [-0.1, -0.05) is 15.9 Å². The summed E-state index contributed by atoms with van der Waals surface area (Å²) in [6.07, 6.45) is 0. The molecule has 1 aromatic carbocycles. The summed E-state index contributed by atoms with van der Waals surface area (Å²) in [5.74, 6) is -0.215. The smallest absolute Gasteiger partial charge is 0.124 e. The zero-order valence-corrected chi connectivity index (χ0v) is 9.57. The fourth-order valence-electron chi connectivity index (χ4n) is 1.06. The molecule has 1 N–H and O–H groups in total. The largest absolute Gasteiger partial charge is 0.311 e. The molecule has 0 aliphatic heterocycles. The molecule has 0 amide bonds. The average Bonchev–Trinajstić information content (AvgIpc) is 2.02. The predicted molar refractivity (Wildman–Crippen MR) is 56.2 cm³/mol. The predicted octanol–water partition coefficient (Wildman–Crippen LogP) is 3.04. The molecule has 0 bridgehead atoms. The molecule has 0 unspecified atom stereocenters. The second-order valence-corrected chi connectivity index (χ2v) is 4.45. The van der Waals surface area contributed by atoms with E-state index in [-0.39, 0.29) is 11.4 Å². The van der Waals surface area contributed by atoms with Gasteiger partial charge in [0.25, 0.3) is 0 Å². The molecular weight excluding hydrogens is 233 g/mol. The van der Waals surface area contributed by atoms with Gasteiger partial charge in [-0.05, 0) is 44.7 Å². The highest BCUT2D eigenvalue weighted by Gasteiger charge is 2.18. The molecular formula is C10H13BrFN. The van der Waals surface area contributed by atoms with Crippen molar-refractivity contribution >= 4 is 15.9 Å². The van der Waals surface area contributed by atoms with Gasteiger partial charge in [0.05, 0.1) is 0 Å². The van der Waals surface area contributed by atoms with Gasteiger partial charge in [0.1, 0.15) is 5.82 Å². The molecule has 0 heterocycles. The Morgan fingerprint density at radius 3 is 2.38 bits per heavy atom. The number of hydrogen-bond donors (Lipinski definition) is 1. The Balaban J connectivity index is 3.15. The topological polar surface area (TPSA) is 12.0 Å². The second kappa shape index (κ2) is 3.76. The minimum absolute atomic E-state index is 0.204. The molecule has 0 saturated carbocycles. The van der Waals surface area contributed by atoms with Crippen molar-refractivity contribution in [2.24, 2.45) is 0 Å². The molecule has 3 heteroatoms. The van der Waals surface area contributed by atoms with Crippen LogP contribution < -0.4 is 5.32 Å². The molecule has 0 aliphatic carbocycles. The molecule has 0 radical (unpaired) electrons. The summed E-state index contributed by atoms with van der Waals surface area (Å²) >= 11 is 3.27. The lowest BCUT2D eigenvalue weighted by Gasteiger charge is -2.24. The van der Waals surface area contributed by atoms with Crippen LogP contribution in [0.15, 0.2) is 22.7 Å². The van der Waals surface area contributed by atoms with E-state index in [1.807, 2.05) is 27.0 Å². The molecule has 0 spiro atoms. The van der Waals surface area contributed by atoms with E-state index < -0.39 is 0 Å². The summed E-state index contributed by atoms with van der Waals surface area (Å²) in [5.41, 5.74) is 0.729. The average molecular weight is 246 g/mol. The third-order valence-electron chi connectivity index (χ3n) is 2.21. The molecule has 72 valence electrons. The maximum absolute atomic E-state index is 13.0. The highest BCUT2D eigenvalue weighted by Crippen LogP contribution is 2.24. The van der Waals surface area contributed by atoms with Crippen molar-refractivity contribution in [2.45, 2.75) is 19.4 Å². The maximum Gasteiger partial charge on any atom is 0.124 e. The molecule has 1 aromatic rings. The zero-order chi connectivity index (χ0) is 10.1. The van der Waals surface area contributed by atoms with Crippen molar-refractivity contribution in [2.75, 3.05) is 7.05 Å². The van der Waals surface area contributed by atoms with E-state index in [0.717, 1.165) is 10.0 Å². The van der Waals surface area contributed by atoms with E-state index in [9.17, 15) is 4.39 Å². The minimum Gasteiger partial charge on any atom is -0.311 e. The fourth-order valence-corrected chi connectivity index (χ4v) is 1.52. The Morgan fingerprint density at radius 2 is 1.92 bits per heavy atom. The van der Waals surface area contributed by atoms with Gasteiger partial charge in [-0.15, -0.1) is 0 Å². The third kappa shape index (κ3) is 2.51. The Bertz CT molecular complexity index is 290. The monoisotopic (exact) mass is 245 g/mol.